The van der Waals surface area contributed by atoms with Crippen LogP contribution >= 0.6 is 0 Å². The molecule has 10 nitrogen and oxygen atoms in total. The van der Waals surface area contributed by atoms with Crippen molar-refractivity contribution in [2.45, 2.75) is 45.3 Å². The van der Waals surface area contributed by atoms with Gasteiger partial charge in [0.15, 0.2) is 5.82 Å². The fourth-order valence-electron chi connectivity index (χ4n) is 4.97. The molecule has 5 rings (SSSR count). The average Bonchev–Trinajstić information content (AvgIpc) is 3.43. The number of carbonyl (C=O) groups is 2. The van der Waals surface area contributed by atoms with E-state index in [-0.39, 0.29) is 17.2 Å². The molecule has 188 valence electrons. The van der Waals surface area contributed by atoms with Crippen molar-refractivity contribution in [2.24, 2.45) is 0 Å². The molecular formula is C26H31N7O3. The number of nitrogens with one attached hydrogen (secondary N) is 3. The third kappa shape index (κ3) is 4.83. The Morgan fingerprint density at radius 3 is 2.42 bits per heavy atom. The van der Waals surface area contributed by atoms with Gasteiger partial charge < -0.3 is 20.7 Å². The monoisotopic (exact) mass is 489 g/mol. The molecule has 2 aliphatic heterocycles. The molecule has 2 atom stereocenters. The lowest BCUT2D eigenvalue weighted by Gasteiger charge is -2.39. The Morgan fingerprint density at radius 1 is 1.06 bits per heavy atom. The third-order valence-electron chi connectivity index (χ3n) is 6.96. The van der Waals surface area contributed by atoms with E-state index >= 15 is 0 Å². The number of carbonyl (C=O) groups excluding carboxylic acids is 2. The van der Waals surface area contributed by atoms with Crippen molar-refractivity contribution in [3.63, 3.8) is 0 Å². The molecule has 3 N–H and O–H groups in total. The molecule has 0 bridgehead atoms. The van der Waals surface area contributed by atoms with Crippen molar-refractivity contribution in [1.29, 1.82) is 0 Å². The van der Waals surface area contributed by atoms with Crippen molar-refractivity contribution in [2.75, 3.05) is 18.4 Å². The highest BCUT2D eigenvalue weighted by Crippen LogP contribution is 2.23. The van der Waals surface area contributed by atoms with Crippen LogP contribution in [0.5, 0.6) is 0 Å². The van der Waals surface area contributed by atoms with E-state index in [1.807, 2.05) is 73.5 Å². The van der Waals surface area contributed by atoms with Gasteiger partial charge in [0, 0.05) is 18.8 Å². The molecule has 3 amide bonds. The molecule has 36 heavy (non-hydrogen) atoms. The van der Waals surface area contributed by atoms with E-state index in [2.05, 4.69) is 15.6 Å². The first-order valence-electron chi connectivity index (χ1n) is 12.2. The summed E-state index contributed by atoms with van der Waals surface area (Å²) in [6, 6.07) is 15.6. The van der Waals surface area contributed by atoms with Crippen molar-refractivity contribution in [3.05, 3.63) is 88.6 Å². The highest BCUT2D eigenvalue weighted by Gasteiger charge is 2.38. The molecule has 2 unspecified atom stereocenters. The summed E-state index contributed by atoms with van der Waals surface area (Å²) in [7, 11) is 0. The number of anilines is 1. The highest BCUT2D eigenvalue weighted by atomic mass is 16.6. The summed E-state index contributed by atoms with van der Waals surface area (Å²) in [5, 5.41) is 20.4. The molecule has 1 aromatic heterocycles. The minimum absolute atomic E-state index is 0.0404. The lowest BCUT2D eigenvalue weighted by Crippen LogP contribution is -3.15. The van der Waals surface area contributed by atoms with Gasteiger partial charge in [0.1, 0.15) is 11.7 Å². The Morgan fingerprint density at radius 2 is 1.75 bits per heavy atom. The lowest BCUT2D eigenvalue weighted by atomic mass is 10.0. The number of imidazole rings is 1. The van der Waals surface area contributed by atoms with Crippen LogP contribution in [-0.2, 0) is 11.3 Å². The van der Waals surface area contributed by atoms with Crippen LogP contribution in [0.4, 0.5) is 10.5 Å². The SMILES string of the molecule is Cc1ccc(NC(=O)NC(C(=O)N2CCC(N3Cc4cnc(C)n4[NH+]3[O-])CC2)c2ccccc2)cc1. The predicted octanol–water partition coefficient (Wildman–Crippen LogP) is 1.93. The fourth-order valence-corrected chi connectivity index (χ4v) is 4.97. The number of piperidine rings is 1. The molecule has 10 heteroatoms. The van der Waals surface area contributed by atoms with E-state index in [0.717, 1.165) is 16.8 Å². The third-order valence-corrected chi connectivity index (χ3v) is 6.96. The number of hydrogen-bond acceptors (Lipinski definition) is 5. The van der Waals surface area contributed by atoms with Crippen LogP contribution in [0.15, 0.2) is 60.8 Å². The summed E-state index contributed by atoms with van der Waals surface area (Å²) in [5.41, 5.74) is 3.38. The molecule has 0 radical (unpaired) electrons. The minimum atomic E-state index is -0.809. The lowest BCUT2D eigenvalue weighted by molar-refractivity contribution is -1.01. The number of aromatic nitrogens is 2. The van der Waals surface area contributed by atoms with Gasteiger partial charge in [-0.25, -0.2) is 9.78 Å². The zero-order valence-corrected chi connectivity index (χ0v) is 20.5. The van der Waals surface area contributed by atoms with Gasteiger partial charge in [0.25, 0.3) is 0 Å². The zero-order chi connectivity index (χ0) is 25.2. The number of hydrogen-bond donors (Lipinski definition) is 3. The molecule has 0 spiro atoms. The first kappa shape index (κ1) is 24.0. The number of aryl methyl sites for hydroxylation is 2. The van der Waals surface area contributed by atoms with Crippen LogP contribution in [0.25, 0.3) is 0 Å². The number of quaternary nitrogens is 1. The van der Waals surface area contributed by atoms with Crippen molar-refractivity contribution in [1.82, 2.24) is 24.9 Å². The molecule has 1 saturated heterocycles. The van der Waals surface area contributed by atoms with E-state index in [1.54, 1.807) is 15.8 Å². The second kappa shape index (κ2) is 10.1. The number of likely N-dealkylation sites (tertiary alicyclic amines) is 1. The second-order valence-electron chi connectivity index (χ2n) is 9.41. The fraction of sp³-hybridized carbons (Fsp3) is 0.346. The van der Waals surface area contributed by atoms with Gasteiger partial charge in [0.05, 0.1) is 18.8 Å². The van der Waals surface area contributed by atoms with Crippen LogP contribution < -0.4 is 15.9 Å². The van der Waals surface area contributed by atoms with E-state index in [1.165, 1.54) is 0 Å². The largest absolute Gasteiger partial charge is 0.587 e. The first-order chi connectivity index (χ1) is 17.4. The molecule has 3 aromatic rings. The Hall–Kier alpha value is -3.73. The van der Waals surface area contributed by atoms with Crippen LogP contribution in [0, 0.1) is 19.1 Å². The summed E-state index contributed by atoms with van der Waals surface area (Å²) in [4.78, 5) is 32.4. The maximum absolute atomic E-state index is 13.6. The minimum Gasteiger partial charge on any atom is -0.587 e. The number of urea groups is 1. The van der Waals surface area contributed by atoms with Gasteiger partial charge in [-0.05, 0) is 44.4 Å². The second-order valence-corrected chi connectivity index (χ2v) is 9.41. The Bertz CT molecular complexity index is 1220. The van der Waals surface area contributed by atoms with Crippen molar-refractivity contribution < 1.29 is 14.9 Å². The molecule has 3 heterocycles. The Labute approximate surface area is 210 Å². The van der Waals surface area contributed by atoms with Crippen LogP contribution in [0.2, 0.25) is 0 Å². The molecule has 2 aliphatic rings. The Balaban J connectivity index is 1.24. The van der Waals surface area contributed by atoms with Gasteiger partial charge in [-0.2, -0.15) is 9.96 Å². The van der Waals surface area contributed by atoms with Crippen LogP contribution in [-0.4, -0.2) is 50.6 Å². The molecule has 2 aromatic carbocycles. The van der Waals surface area contributed by atoms with E-state index in [4.69, 9.17) is 0 Å². The number of amides is 3. The summed E-state index contributed by atoms with van der Waals surface area (Å²) < 4.78 is 1.67. The smallest absolute Gasteiger partial charge is 0.320 e. The predicted molar refractivity (Wildman–Crippen MR) is 134 cm³/mol. The molecule has 0 aliphatic carbocycles. The van der Waals surface area contributed by atoms with Gasteiger partial charge in [-0.15, -0.1) is 5.01 Å². The van der Waals surface area contributed by atoms with Crippen molar-refractivity contribution >= 4 is 17.6 Å². The Kier molecular flexibility index (Phi) is 6.73. The van der Waals surface area contributed by atoms with Gasteiger partial charge in [-0.1, -0.05) is 48.0 Å². The first-order valence-corrected chi connectivity index (χ1v) is 12.2. The summed E-state index contributed by atoms with van der Waals surface area (Å²) in [5.74, 6) is 0.545. The quantitative estimate of drug-likeness (QED) is 0.475. The normalized spacial score (nSPS) is 19.1. The topological polar surface area (TPSA) is 110 Å². The summed E-state index contributed by atoms with van der Waals surface area (Å²) in [6.07, 6.45) is 3.13. The number of nitrogens with zero attached hydrogens (tertiary/aromatic N) is 4. The number of rotatable bonds is 5. The standard InChI is InChI=1S/C26H31N7O3/c1-18-8-10-21(11-9-18)28-26(35)29-24(20-6-4-3-5-7-20)25(34)30-14-12-22(13-15-30)31-17-23-16-27-19(2)32(23)33(31)36/h3-11,16,22,24,33H,12-15,17H2,1-2H3,(H2,28,29,35). The van der Waals surface area contributed by atoms with Gasteiger partial charge in [-0.3, -0.25) is 4.79 Å². The molecular weight excluding hydrogens is 458 g/mol. The highest BCUT2D eigenvalue weighted by molar-refractivity contribution is 5.94. The van der Waals surface area contributed by atoms with Gasteiger partial charge >= 0.3 is 6.03 Å². The average molecular weight is 490 g/mol. The van der Waals surface area contributed by atoms with E-state index < -0.39 is 12.1 Å². The summed E-state index contributed by atoms with van der Waals surface area (Å²) in [6.45, 7) is 5.39. The molecule has 1 fully saturated rings. The zero-order valence-electron chi connectivity index (χ0n) is 20.5. The number of benzene rings is 2. The van der Waals surface area contributed by atoms with E-state index in [0.29, 0.717) is 44.0 Å². The van der Waals surface area contributed by atoms with Crippen LogP contribution in [0.1, 0.15) is 41.5 Å². The maximum Gasteiger partial charge on any atom is 0.320 e. The van der Waals surface area contributed by atoms with Crippen LogP contribution in [0.3, 0.4) is 0 Å². The van der Waals surface area contributed by atoms with E-state index in [9.17, 15) is 14.8 Å². The number of fused-ring (bicyclic) bond motifs is 1. The summed E-state index contributed by atoms with van der Waals surface area (Å²) >= 11 is 0. The molecule has 0 saturated carbocycles. The maximum atomic E-state index is 13.6. The van der Waals surface area contributed by atoms with Gasteiger partial charge in [0.2, 0.25) is 5.91 Å². The van der Waals surface area contributed by atoms with Crippen molar-refractivity contribution in [3.8, 4) is 0 Å².